The van der Waals surface area contributed by atoms with Crippen molar-refractivity contribution in [3.05, 3.63) is 29.6 Å². The summed E-state index contributed by atoms with van der Waals surface area (Å²) in [5.41, 5.74) is 0.954. The molecule has 0 aliphatic rings. The number of rotatable bonds is 7. The van der Waals surface area contributed by atoms with Gasteiger partial charge in [-0.15, -0.1) is 0 Å². The van der Waals surface area contributed by atoms with E-state index in [-0.39, 0.29) is 17.3 Å². The van der Waals surface area contributed by atoms with Crippen LogP contribution in [0.2, 0.25) is 0 Å². The van der Waals surface area contributed by atoms with E-state index in [0.29, 0.717) is 11.7 Å². The predicted molar refractivity (Wildman–Crippen MR) is 87.2 cm³/mol. The molecule has 0 spiro atoms. The molecule has 1 rings (SSSR count). The number of halogens is 1. The van der Waals surface area contributed by atoms with Gasteiger partial charge < -0.3 is 10.1 Å². The first-order valence-corrected chi connectivity index (χ1v) is 7.86. The molecule has 1 N–H and O–H groups in total. The summed E-state index contributed by atoms with van der Waals surface area (Å²) in [5.74, 6) is 0.867. The van der Waals surface area contributed by atoms with E-state index in [1.54, 1.807) is 7.11 Å². The third-order valence-corrected chi connectivity index (χ3v) is 4.29. The zero-order valence-corrected chi connectivity index (χ0v) is 14.3. The van der Waals surface area contributed by atoms with Crippen LogP contribution >= 0.6 is 0 Å². The lowest BCUT2D eigenvalue weighted by molar-refractivity contribution is 0.221. The van der Waals surface area contributed by atoms with Crippen molar-refractivity contribution in [2.24, 2.45) is 11.3 Å². The summed E-state index contributed by atoms with van der Waals surface area (Å²) in [4.78, 5) is 0. The van der Waals surface area contributed by atoms with Gasteiger partial charge in [-0.1, -0.05) is 40.7 Å². The average molecular weight is 295 g/mol. The highest BCUT2D eigenvalue weighted by atomic mass is 19.1. The lowest BCUT2D eigenvalue weighted by atomic mass is 9.77. The van der Waals surface area contributed by atoms with E-state index in [0.717, 1.165) is 24.9 Å². The van der Waals surface area contributed by atoms with Crippen LogP contribution in [0.25, 0.3) is 0 Å². The van der Waals surface area contributed by atoms with Crippen LogP contribution in [-0.2, 0) is 0 Å². The van der Waals surface area contributed by atoms with Gasteiger partial charge in [-0.2, -0.15) is 0 Å². The summed E-state index contributed by atoms with van der Waals surface area (Å²) >= 11 is 0. The van der Waals surface area contributed by atoms with E-state index >= 15 is 0 Å². The molecule has 0 aliphatic heterocycles. The number of nitrogens with one attached hydrogen (secondary N) is 1. The van der Waals surface area contributed by atoms with Crippen LogP contribution in [0.5, 0.6) is 5.75 Å². The lowest BCUT2D eigenvalue weighted by Crippen LogP contribution is -2.28. The summed E-state index contributed by atoms with van der Waals surface area (Å²) < 4.78 is 19.4. The standard InChI is InChI=1S/C18H30FNO/c1-7-10-20-17(11-13(2)18(3,4)5)15-9-8-14(21-6)12-16(15)19/h8-9,12-13,17,20H,7,10-11H2,1-6H3. The SMILES string of the molecule is CCCNC(CC(C)C(C)(C)C)c1ccc(OC)cc1F. The highest BCUT2D eigenvalue weighted by Gasteiger charge is 2.25. The molecule has 2 atom stereocenters. The molecule has 3 heteroatoms. The number of ether oxygens (including phenoxy) is 1. The predicted octanol–water partition coefficient (Wildman–Crippen LogP) is 4.95. The zero-order chi connectivity index (χ0) is 16.0. The van der Waals surface area contributed by atoms with Crippen molar-refractivity contribution in [3.63, 3.8) is 0 Å². The van der Waals surface area contributed by atoms with Gasteiger partial charge in [-0.25, -0.2) is 4.39 Å². The minimum Gasteiger partial charge on any atom is -0.497 e. The summed E-state index contributed by atoms with van der Waals surface area (Å²) in [6, 6.07) is 5.19. The molecule has 1 aromatic carbocycles. The molecule has 0 radical (unpaired) electrons. The molecule has 1 aromatic rings. The van der Waals surface area contributed by atoms with Crippen LogP contribution in [0.4, 0.5) is 4.39 Å². The molecule has 2 nitrogen and oxygen atoms in total. The molecule has 0 fully saturated rings. The first-order chi connectivity index (χ1) is 9.79. The maximum atomic E-state index is 14.3. The van der Waals surface area contributed by atoms with Gasteiger partial charge in [0.15, 0.2) is 0 Å². The topological polar surface area (TPSA) is 21.3 Å². The molecule has 0 heterocycles. The van der Waals surface area contributed by atoms with Crippen LogP contribution < -0.4 is 10.1 Å². The summed E-state index contributed by atoms with van der Waals surface area (Å²) in [6.07, 6.45) is 1.96. The van der Waals surface area contributed by atoms with E-state index in [9.17, 15) is 4.39 Å². The smallest absolute Gasteiger partial charge is 0.131 e. The number of methoxy groups -OCH3 is 1. The van der Waals surface area contributed by atoms with Gasteiger partial charge >= 0.3 is 0 Å². The second kappa shape index (κ2) is 7.79. The van der Waals surface area contributed by atoms with Crippen molar-refractivity contribution >= 4 is 0 Å². The minimum atomic E-state index is -0.191. The fraction of sp³-hybridized carbons (Fsp3) is 0.667. The van der Waals surface area contributed by atoms with Crippen molar-refractivity contribution in [3.8, 4) is 5.75 Å². The second-order valence-electron chi connectivity index (χ2n) is 6.90. The molecule has 21 heavy (non-hydrogen) atoms. The Bertz CT molecular complexity index is 439. The molecular formula is C18H30FNO. The maximum Gasteiger partial charge on any atom is 0.131 e. The fourth-order valence-corrected chi connectivity index (χ4v) is 2.26. The van der Waals surface area contributed by atoms with Crippen molar-refractivity contribution in [1.82, 2.24) is 5.32 Å². The molecule has 120 valence electrons. The van der Waals surface area contributed by atoms with E-state index in [1.807, 2.05) is 12.1 Å². The zero-order valence-electron chi connectivity index (χ0n) is 14.3. The Morgan fingerprint density at radius 2 is 1.95 bits per heavy atom. The van der Waals surface area contributed by atoms with E-state index in [1.165, 1.54) is 6.07 Å². The van der Waals surface area contributed by atoms with E-state index < -0.39 is 0 Å². The Labute approximate surface area is 129 Å². The van der Waals surface area contributed by atoms with Crippen LogP contribution in [-0.4, -0.2) is 13.7 Å². The van der Waals surface area contributed by atoms with Crippen molar-refractivity contribution in [1.29, 1.82) is 0 Å². The molecule has 0 saturated carbocycles. The fourth-order valence-electron chi connectivity index (χ4n) is 2.26. The third-order valence-electron chi connectivity index (χ3n) is 4.29. The van der Waals surface area contributed by atoms with E-state index in [2.05, 4.69) is 39.9 Å². The number of hydrogen-bond acceptors (Lipinski definition) is 2. The van der Waals surface area contributed by atoms with Crippen LogP contribution in [0, 0.1) is 17.2 Å². The first-order valence-electron chi connectivity index (χ1n) is 7.86. The third kappa shape index (κ3) is 5.31. The normalized spacial score (nSPS) is 14.8. The highest BCUT2D eigenvalue weighted by molar-refractivity contribution is 5.31. The Kier molecular flexibility index (Phi) is 6.66. The Morgan fingerprint density at radius 3 is 2.43 bits per heavy atom. The highest BCUT2D eigenvalue weighted by Crippen LogP contribution is 2.34. The van der Waals surface area contributed by atoms with Gasteiger partial charge in [-0.3, -0.25) is 0 Å². The monoisotopic (exact) mass is 295 g/mol. The molecule has 0 aliphatic carbocycles. The second-order valence-corrected chi connectivity index (χ2v) is 6.90. The van der Waals surface area contributed by atoms with Gasteiger partial charge in [0.2, 0.25) is 0 Å². The summed E-state index contributed by atoms with van der Waals surface area (Å²) in [5, 5.41) is 3.49. The summed E-state index contributed by atoms with van der Waals surface area (Å²) in [7, 11) is 1.56. The van der Waals surface area contributed by atoms with Gasteiger partial charge in [-0.05, 0) is 36.8 Å². The minimum absolute atomic E-state index is 0.0464. The molecular weight excluding hydrogens is 265 g/mol. The molecule has 2 unspecified atom stereocenters. The number of hydrogen-bond donors (Lipinski definition) is 1. The molecule has 0 bridgehead atoms. The van der Waals surface area contributed by atoms with Crippen LogP contribution in [0.1, 0.15) is 59.1 Å². The quantitative estimate of drug-likeness (QED) is 0.768. The molecule has 0 aromatic heterocycles. The van der Waals surface area contributed by atoms with Crippen LogP contribution in [0.3, 0.4) is 0 Å². The van der Waals surface area contributed by atoms with Crippen molar-refractivity contribution < 1.29 is 9.13 Å². The first kappa shape index (κ1) is 18.0. The summed E-state index contributed by atoms with van der Waals surface area (Å²) in [6.45, 7) is 12.0. The van der Waals surface area contributed by atoms with Crippen molar-refractivity contribution in [2.75, 3.05) is 13.7 Å². The largest absolute Gasteiger partial charge is 0.497 e. The van der Waals surface area contributed by atoms with Gasteiger partial charge in [0.25, 0.3) is 0 Å². The van der Waals surface area contributed by atoms with Gasteiger partial charge in [0.05, 0.1) is 7.11 Å². The van der Waals surface area contributed by atoms with Gasteiger partial charge in [0.1, 0.15) is 11.6 Å². The Hall–Kier alpha value is -1.09. The Balaban J connectivity index is 2.96. The average Bonchev–Trinajstić information content (AvgIpc) is 2.42. The van der Waals surface area contributed by atoms with E-state index in [4.69, 9.17) is 4.74 Å². The lowest BCUT2D eigenvalue weighted by Gasteiger charge is -2.31. The number of benzene rings is 1. The molecule has 0 amide bonds. The van der Waals surface area contributed by atoms with Crippen LogP contribution in [0.15, 0.2) is 18.2 Å². The van der Waals surface area contributed by atoms with Gasteiger partial charge in [0, 0.05) is 17.7 Å². The maximum absolute atomic E-state index is 14.3. The van der Waals surface area contributed by atoms with Crippen molar-refractivity contribution in [2.45, 2.75) is 53.5 Å². The molecule has 0 saturated heterocycles. The Morgan fingerprint density at radius 1 is 1.29 bits per heavy atom.